The number of amides is 2. The zero-order valence-electron chi connectivity index (χ0n) is 15.2. The second kappa shape index (κ2) is 8.14. The number of hydrogen-bond donors (Lipinski definition) is 3. The molecule has 1 atom stereocenters. The first-order chi connectivity index (χ1) is 12.5. The van der Waals surface area contributed by atoms with Gasteiger partial charge in [-0.1, -0.05) is 0 Å². The van der Waals surface area contributed by atoms with Crippen LogP contribution in [0.15, 0.2) is 36.5 Å². The standard InChI is InChI=1S/C19H25N5O2/c1-13(2)21-18(25)14-5-7-15(8-6-14)22-19(26)17-9-11-24(23-17)16-4-3-10-20-12-16/h5-9,11,13,16,20H,3-4,10,12H2,1-2H3,(H,21,25)(H,22,26). The monoisotopic (exact) mass is 355 g/mol. The van der Waals surface area contributed by atoms with E-state index in [0.29, 0.717) is 23.0 Å². The molecule has 1 unspecified atom stereocenters. The Labute approximate surface area is 153 Å². The second-order valence-electron chi connectivity index (χ2n) is 6.84. The van der Waals surface area contributed by atoms with Crippen molar-refractivity contribution in [2.75, 3.05) is 18.4 Å². The van der Waals surface area contributed by atoms with Gasteiger partial charge in [0.05, 0.1) is 6.04 Å². The first-order valence-corrected chi connectivity index (χ1v) is 9.01. The maximum atomic E-state index is 12.4. The maximum absolute atomic E-state index is 12.4. The van der Waals surface area contributed by atoms with E-state index in [0.717, 1.165) is 25.9 Å². The Balaban J connectivity index is 1.61. The van der Waals surface area contributed by atoms with E-state index in [9.17, 15) is 9.59 Å². The van der Waals surface area contributed by atoms with Gasteiger partial charge >= 0.3 is 0 Å². The number of nitrogens with zero attached hydrogens (tertiary/aromatic N) is 2. The highest BCUT2D eigenvalue weighted by Gasteiger charge is 2.18. The number of benzene rings is 1. The smallest absolute Gasteiger partial charge is 0.276 e. The first-order valence-electron chi connectivity index (χ1n) is 9.01. The molecule has 138 valence electrons. The molecule has 2 heterocycles. The molecule has 1 aliphatic rings. The van der Waals surface area contributed by atoms with Gasteiger partial charge in [-0.05, 0) is 63.6 Å². The van der Waals surface area contributed by atoms with Crippen LogP contribution in [0.5, 0.6) is 0 Å². The summed E-state index contributed by atoms with van der Waals surface area (Å²) in [7, 11) is 0. The van der Waals surface area contributed by atoms with E-state index in [1.807, 2.05) is 24.7 Å². The molecule has 0 saturated carbocycles. The minimum absolute atomic E-state index is 0.0800. The molecule has 1 aromatic heterocycles. The van der Waals surface area contributed by atoms with Gasteiger partial charge in [-0.25, -0.2) is 0 Å². The third-order valence-corrected chi connectivity index (χ3v) is 4.31. The summed E-state index contributed by atoms with van der Waals surface area (Å²) in [6.45, 7) is 5.74. The van der Waals surface area contributed by atoms with Crippen LogP contribution in [0.4, 0.5) is 5.69 Å². The summed E-state index contributed by atoms with van der Waals surface area (Å²) in [4.78, 5) is 24.3. The molecule has 2 amide bonds. The highest BCUT2D eigenvalue weighted by Crippen LogP contribution is 2.16. The average Bonchev–Trinajstić information content (AvgIpc) is 3.13. The van der Waals surface area contributed by atoms with Crippen LogP contribution in [-0.2, 0) is 0 Å². The van der Waals surface area contributed by atoms with E-state index in [-0.39, 0.29) is 17.9 Å². The highest BCUT2D eigenvalue weighted by atomic mass is 16.2. The van der Waals surface area contributed by atoms with Crippen molar-refractivity contribution in [2.45, 2.75) is 38.8 Å². The van der Waals surface area contributed by atoms with Gasteiger partial charge in [-0.15, -0.1) is 0 Å². The Morgan fingerprint density at radius 2 is 1.96 bits per heavy atom. The predicted octanol–water partition coefficient (Wildman–Crippen LogP) is 2.20. The van der Waals surface area contributed by atoms with Gasteiger partial charge in [-0.2, -0.15) is 5.10 Å². The molecule has 0 spiro atoms. The molecule has 26 heavy (non-hydrogen) atoms. The fraction of sp³-hybridized carbons (Fsp3) is 0.421. The summed E-state index contributed by atoms with van der Waals surface area (Å²) in [6.07, 6.45) is 4.03. The Kier molecular flexibility index (Phi) is 5.68. The van der Waals surface area contributed by atoms with Crippen LogP contribution in [0.2, 0.25) is 0 Å². The summed E-state index contributed by atoms with van der Waals surface area (Å²) in [5.74, 6) is -0.385. The molecule has 0 radical (unpaired) electrons. The highest BCUT2D eigenvalue weighted by molar-refractivity contribution is 6.03. The van der Waals surface area contributed by atoms with Gasteiger partial charge in [-0.3, -0.25) is 14.3 Å². The lowest BCUT2D eigenvalue weighted by atomic mass is 10.1. The zero-order valence-corrected chi connectivity index (χ0v) is 15.2. The molecule has 1 fully saturated rings. The fourth-order valence-corrected chi connectivity index (χ4v) is 2.97. The van der Waals surface area contributed by atoms with Gasteiger partial charge in [0.1, 0.15) is 0 Å². The molecule has 2 aromatic rings. The third kappa shape index (κ3) is 4.49. The number of carbonyl (C=O) groups is 2. The van der Waals surface area contributed by atoms with E-state index < -0.39 is 0 Å². The number of nitrogens with one attached hydrogen (secondary N) is 3. The van der Waals surface area contributed by atoms with Gasteiger partial charge in [0.25, 0.3) is 11.8 Å². The minimum Gasteiger partial charge on any atom is -0.350 e. The molecule has 0 aliphatic carbocycles. The lowest BCUT2D eigenvalue weighted by Gasteiger charge is -2.22. The Bertz CT molecular complexity index is 760. The van der Waals surface area contributed by atoms with Gasteiger partial charge in [0, 0.05) is 30.0 Å². The minimum atomic E-state index is -0.257. The van der Waals surface area contributed by atoms with E-state index in [1.54, 1.807) is 30.3 Å². The van der Waals surface area contributed by atoms with Crippen LogP contribution in [0.1, 0.15) is 53.6 Å². The van der Waals surface area contributed by atoms with Crippen molar-refractivity contribution in [1.82, 2.24) is 20.4 Å². The van der Waals surface area contributed by atoms with Crippen LogP contribution in [0, 0.1) is 0 Å². The van der Waals surface area contributed by atoms with Crippen LogP contribution in [-0.4, -0.2) is 40.7 Å². The van der Waals surface area contributed by atoms with Crippen molar-refractivity contribution in [3.8, 4) is 0 Å². The fourth-order valence-electron chi connectivity index (χ4n) is 2.97. The molecule has 3 rings (SSSR count). The Morgan fingerprint density at radius 3 is 2.62 bits per heavy atom. The normalized spacial score (nSPS) is 17.1. The molecule has 1 aliphatic heterocycles. The van der Waals surface area contributed by atoms with Gasteiger partial charge in [0.2, 0.25) is 0 Å². The second-order valence-corrected chi connectivity index (χ2v) is 6.84. The number of piperidine rings is 1. The van der Waals surface area contributed by atoms with Crippen molar-refractivity contribution in [1.29, 1.82) is 0 Å². The molecule has 3 N–H and O–H groups in total. The number of aromatic nitrogens is 2. The number of hydrogen-bond acceptors (Lipinski definition) is 4. The molecule has 7 heteroatoms. The van der Waals surface area contributed by atoms with Crippen LogP contribution in [0.25, 0.3) is 0 Å². The van der Waals surface area contributed by atoms with E-state index in [1.165, 1.54) is 0 Å². The van der Waals surface area contributed by atoms with Crippen molar-refractivity contribution in [3.63, 3.8) is 0 Å². The topological polar surface area (TPSA) is 88.0 Å². The lowest BCUT2D eigenvalue weighted by molar-refractivity contribution is 0.0942. The predicted molar refractivity (Wildman–Crippen MR) is 100 cm³/mol. The van der Waals surface area contributed by atoms with Crippen molar-refractivity contribution in [3.05, 3.63) is 47.8 Å². The van der Waals surface area contributed by atoms with Crippen molar-refractivity contribution >= 4 is 17.5 Å². The van der Waals surface area contributed by atoms with E-state index >= 15 is 0 Å². The Hall–Kier alpha value is -2.67. The van der Waals surface area contributed by atoms with E-state index in [4.69, 9.17) is 0 Å². The summed E-state index contributed by atoms with van der Waals surface area (Å²) >= 11 is 0. The molecular formula is C19H25N5O2. The zero-order chi connectivity index (χ0) is 18.5. The Morgan fingerprint density at radius 1 is 1.19 bits per heavy atom. The summed E-state index contributed by atoms with van der Waals surface area (Å²) in [5, 5.41) is 13.4. The molecular weight excluding hydrogens is 330 g/mol. The number of anilines is 1. The molecule has 1 saturated heterocycles. The van der Waals surface area contributed by atoms with Crippen molar-refractivity contribution < 1.29 is 9.59 Å². The summed E-state index contributed by atoms with van der Waals surface area (Å²) < 4.78 is 1.86. The molecule has 1 aromatic carbocycles. The molecule has 0 bridgehead atoms. The first kappa shape index (κ1) is 18.1. The van der Waals surface area contributed by atoms with Crippen LogP contribution >= 0.6 is 0 Å². The largest absolute Gasteiger partial charge is 0.350 e. The summed E-state index contributed by atoms with van der Waals surface area (Å²) in [6, 6.07) is 8.93. The van der Waals surface area contributed by atoms with Gasteiger partial charge < -0.3 is 16.0 Å². The quantitative estimate of drug-likeness (QED) is 0.767. The third-order valence-electron chi connectivity index (χ3n) is 4.31. The number of rotatable bonds is 5. The average molecular weight is 355 g/mol. The SMILES string of the molecule is CC(C)NC(=O)c1ccc(NC(=O)c2ccn(C3CCCNC3)n2)cc1. The number of carbonyl (C=O) groups excluding carboxylic acids is 2. The molecule has 7 nitrogen and oxygen atoms in total. The van der Waals surface area contributed by atoms with Crippen LogP contribution < -0.4 is 16.0 Å². The van der Waals surface area contributed by atoms with Crippen molar-refractivity contribution in [2.24, 2.45) is 0 Å². The van der Waals surface area contributed by atoms with Crippen LogP contribution in [0.3, 0.4) is 0 Å². The van der Waals surface area contributed by atoms with E-state index in [2.05, 4.69) is 21.0 Å². The van der Waals surface area contributed by atoms with Gasteiger partial charge in [0.15, 0.2) is 5.69 Å². The maximum Gasteiger partial charge on any atom is 0.276 e. The summed E-state index contributed by atoms with van der Waals surface area (Å²) in [5.41, 5.74) is 1.58. The lowest BCUT2D eigenvalue weighted by Crippen LogP contribution is -2.32.